The van der Waals surface area contributed by atoms with E-state index in [9.17, 15) is 9.18 Å². The summed E-state index contributed by atoms with van der Waals surface area (Å²) >= 11 is 0. The zero-order chi connectivity index (χ0) is 14.7. The highest BCUT2D eigenvalue weighted by Crippen LogP contribution is 2.34. The number of halogens is 1. The molecule has 0 bridgehead atoms. The number of hydrogen-bond acceptors (Lipinski definition) is 3. The number of benzene rings is 2. The number of rotatable bonds is 4. The van der Waals surface area contributed by atoms with Crippen LogP contribution >= 0.6 is 0 Å². The van der Waals surface area contributed by atoms with E-state index < -0.39 is 5.82 Å². The zero-order valence-electron chi connectivity index (χ0n) is 11.4. The van der Waals surface area contributed by atoms with Gasteiger partial charge >= 0.3 is 0 Å². The van der Waals surface area contributed by atoms with Gasteiger partial charge in [0.2, 0.25) is 0 Å². The van der Waals surface area contributed by atoms with Crippen molar-refractivity contribution in [3.05, 3.63) is 59.4 Å². The summed E-state index contributed by atoms with van der Waals surface area (Å²) in [7, 11) is 0. The predicted molar refractivity (Wildman–Crippen MR) is 76.6 cm³/mol. The molecule has 2 aromatic rings. The lowest BCUT2D eigenvalue weighted by Crippen LogP contribution is -2.20. The Morgan fingerprint density at radius 3 is 2.95 bits per heavy atom. The predicted octanol–water partition coefficient (Wildman–Crippen LogP) is 3.58. The topological polar surface area (TPSA) is 35.5 Å². The molecule has 108 valence electrons. The first-order valence-corrected chi connectivity index (χ1v) is 6.88. The van der Waals surface area contributed by atoms with Crippen molar-refractivity contribution in [3.8, 4) is 11.5 Å². The highest BCUT2D eigenvalue weighted by Gasteiger charge is 2.22. The van der Waals surface area contributed by atoms with Gasteiger partial charge in [-0.1, -0.05) is 24.3 Å². The molecule has 1 unspecified atom stereocenters. The third-order valence-corrected chi connectivity index (χ3v) is 3.64. The molecule has 0 N–H and O–H groups in total. The Kier molecular flexibility index (Phi) is 3.86. The number of hydrogen-bond donors (Lipinski definition) is 0. The van der Waals surface area contributed by atoms with Gasteiger partial charge in [0.1, 0.15) is 5.75 Å². The van der Waals surface area contributed by atoms with Crippen LogP contribution in [0.2, 0.25) is 0 Å². The van der Waals surface area contributed by atoms with E-state index in [1.807, 2.05) is 24.3 Å². The van der Waals surface area contributed by atoms with Gasteiger partial charge in [0.25, 0.3) is 0 Å². The van der Waals surface area contributed by atoms with Crippen LogP contribution in [0.15, 0.2) is 42.5 Å². The van der Waals surface area contributed by atoms with E-state index in [1.165, 1.54) is 12.1 Å². The van der Waals surface area contributed by atoms with Crippen molar-refractivity contribution in [3.63, 3.8) is 0 Å². The number of ether oxygens (including phenoxy) is 2. The van der Waals surface area contributed by atoms with Crippen LogP contribution in [0.3, 0.4) is 0 Å². The fourth-order valence-electron chi connectivity index (χ4n) is 2.54. The highest BCUT2D eigenvalue weighted by molar-refractivity contribution is 5.79. The molecule has 1 atom stereocenters. The average Bonchev–Trinajstić information content (AvgIpc) is 2.53. The molecule has 0 amide bonds. The van der Waals surface area contributed by atoms with Gasteiger partial charge in [-0.15, -0.1) is 0 Å². The van der Waals surface area contributed by atoms with Crippen LogP contribution in [-0.2, 0) is 0 Å². The van der Waals surface area contributed by atoms with Crippen molar-refractivity contribution in [2.24, 2.45) is 0 Å². The van der Waals surface area contributed by atoms with Crippen molar-refractivity contribution in [2.45, 2.75) is 12.3 Å². The molecule has 1 aliphatic rings. The Morgan fingerprint density at radius 1 is 1.24 bits per heavy atom. The minimum atomic E-state index is -0.514. The van der Waals surface area contributed by atoms with Gasteiger partial charge in [-0.05, 0) is 24.6 Å². The molecule has 0 aromatic heterocycles. The first-order chi connectivity index (χ1) is 10.3. The van der Waals surface area contributed by atoms with E-state index >= 15 is 0 Å². The molecule has 0 saturated heterocycles. The molecule has 2 aromatic carbocycles. The van der Waals surface area contributed by atoms with Crippen LogP contribution in [0.25, 0.3) is 0 Å². The summed E-state index contributed by atoms with van der Waals surface area (Å²) in [5.41, 5.74) is 1.29. The Labute approximate surface area is 122 Å². The maximum atomic E-state index is 13.8. The molecule has 1 aliphatic heterocycles. The summed E-state index contributed by atoms with van der Waals surface area (Å²) in [6.45, 7) is 0.936. The van der Waals surface area contributed by atoms with Crippen LogP contribution in [0.4, 0.5) is 4.39 Å². The molecule has 0 spiro atoms. The minimum Gasteiger partial charge on any atom is -0.493 e. The molecule has 1 heterocycles. The lowest BCUT2D eigenvalue weighted by atomic mass is 9.94. The van der Waals surface area contributed by atoms with Crippen molar-refractivity contribution in [2.75, 3.05) is 13.2 Å². The third kappa shape index (κ3) is 2.75. The van der Waals surface area contributed by atoms with Crippen molar-refractivity contribution >= 4 is 6.29 Å². The standard InChI is InChI=1S/C17H15FO3/c18-15-6-3-4-12(10-19)17(15)21-11-13-8-9-20-16-7-2-1-5-14(13)16/h1-7,10,13H,8-9,11H2. The quantitative estimate of drug-likeness (QED) is 0.806. The number of para-hydroxylation sites is 2. The Morgan fingerprint density at radius 2 is 2.10 bits per heavy atom. The van der Waals surface area contributed by atoms with E-state index in [0.717, 1.165) is 17.7 Å². The molecule has 0 radical (unpaired) electrons. The normalized spacial score (nSPS) is 16.7. The van der Waals surface area contributed by atoms with Crippen LogP contribution in [0.1, 0.15) is 28.3 Å². The molecule has 0 saturated carbocycles. The highest BCUT2D eigenvalue weighted by atomic mass is 19.1. The zero-order valence-corrected chi connectivity index (χ0v) is 11.4. The molecule has 4 heteroatoms. The monoisotopic (exact) mass is 286 g/mol. The molecule has 0 fully saturated rings. The number of carbonyl (C=O) groups excluding carboxylic acids is 1. The minimum absolute atomic E-state index is 0.0245. The van der Waals surface area contributed by atoms with E-state index in [2.05, 4.69) is 0 Å². The second-order valence-electron chi connectivity index (χ2n) is 4.96. The number of carbonyl (C=O) groups is 1. The third-order valence-electron chi connectivity index (χ3n) is 3.64. The van der Waals surface area contributed by atoms with Crippen LogP contribution in [0, 0.1) is 5.82 Å². The molecular formula is C17H15FO3. The van der Waals surface area contributed by atoms with E-state index in [1.54, 1.807) is 6.07 Å². The number of fused-ring (bicyclic) bond motifs is 1. The fourth-order valence-corrected chi connectivity index (χ4v) is 2.54. The lowest BCUT2D eigenvalue weighted by Gasteiger charge is -2.26. The second-order valence-corrected chi connectivity index (χ2v) is 4.96. The summed E-state index contributed by atoms with van der Waals surface area (Å²) in [4.78, 5) is 11.0. The first kappa shape index (κ1) is 13.6. The van der Waals surface area contributed by atoms with E-state index in [-0.39, 0.29) is 17.2 Å². The maximum absolute atomic E-state index is 13.8. The number of aldehydes is 1. The van der Waals surface area contributed by atoms with Gasteiger partial charge in [0, 0.05) is 11.5 Å². The van der Waals surface area contributed by atoms with Crippen molar-refractivity contribution in [1.82, 2.24) is 0 Å². The maximum Gasteiger partial charge on any atom is 0.165 e. The molecule has 21 heavy (non-hydrogen) atoms. The first-order valence-electron chi connectivity index (χ1n) is 6.88. The Bertz CT molecular complexity index is 654. The van der Waals surface area contributed by atoms with E-state index in [0.29, 0.717) is 19.5 Å². The molecule has 0 aliphatic carbocycles. The summed E-state index contributed by atoms with van der Waals surface area (Å²) in [6, 6.07) is 12.1. The van der Waals surface area contributed by atoms with Crippen molar-refractivity contribution in [1.29, 1.82) is 0 Å². The Hall–Kier alpha value is -2.36. The summed E-state index contributed by atoms with van der Waals surface area (Å²) in [5.74, 6) is 0.493. The van der Waals surface area contributed by atoms with Gasteiger partial charge in [-0.2, -0.15) is 0 Å². The largest absolute Gasteiger partial charge is 0.493 e. The van der Waals surface area contributed by atoms with Gasteiger partial charge in [-0.3, -0.25) is 4.79 Å². The van der Waals surface area contributed by atoms with Gasteiger partial charge in [-0.25, -0.2) is 4.39 Å². The van der Waals surface area contributed by atoms with Gasteiger partial charge < -0.3 is 9.47 Å². The lowest BCUT2D eigenvalue weighted by molar-refractivity contribution is 0.111. The van der Waals surface area contributed by atoms with Gasteiger partial charge in [0.05, 0.1) is 18.8 Å². The SMILES string of the molecule is O=Cc1cccc(F)c1OCC1CCOc2ccccc21. The molecule has 3 rings (SSSR count). The fraction of sp³-hybridized carbons (Fsp3) is 0.235. The van der Waals surface area contributed by atoms with Crippen LogP contribution in [0.5, 0.6) is 11.5 Å². The van der Waals surface area contributed by atoms with E-state index in [4.69, 9.17) is 9.47 Å². The smallest absolute Gasteiger partial charge is 0.165 e. The average molecular weight is 286 g/mol. The van der Waals surface area contributed by atoms with Crippen LogP contribution in [-0.4, -0.2) is 19.5 Å². The van der Waals surface area contributed by atoms with Gasteiger partial charge in [0.15, 0.2) is 17.9 Å². The Balaban J connectivity index is 1.79. The summed E-state index contributed by atoms with van der Waals surface area (Å²) < 4.78 is 25.0. The molecular weight excluding hydrogens is 271 g/mol. The second kappa shape index (κ2) is 5.95. The molecule has 3 nitrogen and oxygen atoms in total. The summed E-state index contributed by atoms with van der Waals surface area (Å²) in [5, 5.41) is 0. The van der Waals surface area contributed by atoms with Crippen LogP contribution < -0.4 is 9.47 Å². The van der Waals surface area contributed by atoms with Crippen molar-refractivity contribution < 1.29 is 18.7 Å². The summed E-state index contributed by atoms with van der Waals surface area (Å²) in [6.07, 6.45) is 1.41.